The van der Waals surface area contributed by atoms with Gasteiger partial charge in [0.1, 0.15) is 54.6 Å². The minimum Gasteiger partial charge on any atom is -0.508 e. The number of hydrogen-bond donors (Lipinski definition) is 19. The van der Waals surface area contributed by atoms with Crippen LogP contribution in [0.5, 0.6) is 74.7 Å². The fraction of sp³-hybridized carbons (Fsp3) is 0.312. The summed E-state index contributed by atoms with van der Waals surface area (Å²) in [7, 11) is 0. The van der Waals surface area contributed by atoms with E-state index in [0.717, 1.165) is 0 Å². The summed E-state index contributed by atoms with van der Waals surface area (Å²) in [6.45, 7) is -2.24. The fourth-order valence-electron chi connectivity index (χ4n) is 8.87. The number of carbonyl (C=O) groups excluding carboxylic acids is 5. The van der Waals surface area contributed by atoms with Crippen molar-refractivity contribution < 1.29 is 154 Å². The highest BCUT2D eigenvalue weighted by Gasteiger charge is 2.53. The van der Waals surface area contributed by atoms with Gasteiger partial charge in [-0.25, -0.2) is 14.4 Å². The van der Waals surface area contributed by atoms with Crippen LogP contribution in [0.25, 0.3) is 5.57 Å². The lowest BCUT2D eigenvalue weighted by Crippen LogP contribution is -2.59. The molecule has 0 spiro atoms. The van der Waals surface area contributed by atoms with Crippen LogP contribution in [0.4, 0.5) is 0 Å². The van der Waals surface area contributed by atoms with E-state index in [-0.39, 0.29) is 0 Å². The molecule has 3 heterocycles. The predicted octanol–water partition coefficient (Wildman–Crippen LogP) is -0.272. The molecule has 4 aliphatic rings. The molecular formula is C48H44O31. The van der Waals surface area contributed by atoms with E-state index in [1.807, 2.05) is 0 Å². The van der Waals surface area contributed by atoms with Gasteiger partial charge in [-0.05, 0) is 24.3 Å². The lowest BCUT2D eigenvalue weighted by Gasteiger charge is -2.43. The van der Waals surface area contributed by atoms with E-state index in [2.05, 4.69) is 0 Å². The van der Waals surface area contributed by atoms with Crippen LogP contribution in [0.1, 0.15) is 59.8 Å². The van der Waals surface area contributed by atoms with Gasteiger partial charge in [0, 0.05) is 41.7 Å². The van der Waals surface area contributed by atoms with Crippen molar-refractivity contribution in [3.05, 3.63) is 81.5 Å². The summed E-state index contributed by atoms with van der Waals surface area (Å²) in [6.07, 6.45) is -21.2. The first-order valence-corrected chi connectivity index (χ1v) is 22.7. The summed E-state index contributed by atoms with van der Waals surface area (Å²) >= 11 is 0. The van der Waals surface area contributed by atoms with Gasteiger partial charge in [0.05, 0.1) is 29.6 Å². The number of rotatable bonds is 10. The second kappa shape index (κ2) is 21.2. The molecule has 8 rings (SSSR count). The zero-order chi connectivity index (χ0) is 58.0. The molecule has 79 heavy (non-hydrogen) atoms. The number of phenolic OH excluding ortho intramolecular Hbond substituents is 11. The van der Waals surface area contributed by atoms with E-state index in [9.17, 15) is 121 Å². The maximum Gasteiger partial charge on any atom is 0.344 e. The number of fused-ring (bicyclic) bond motifs is 4. The van der Waals surface area contributed by atoms with Crippen LogP contribution in [-0.4, -0.2) is 195 Å². The first-order chi connectivity index (χ1) is 37.1. The second-order valence-corrected chi connectivity index (χ2v) is 17.9. The van der Waals surface area contributed by atoms with Crippen molar-refractivity contribution in [1.82, 2.24) is 0 Å². The minimum atomic E-state index is -2.35. The number of ether oxygens (including phenoxy) is 7. The molecule has 0 aromatic heterocycles. The molecule has 1 aliphatic carbocycles. The summed E-state index contributed by atoms with van der Waals surface area (Å²) < 4.78 is 38.3. The van der Waals surface area contributed by atoms with Gasteiger partial charge >= 0.3 is 23.9 Å². The van der Waals surface area contributed by atoms with E-state index >= 15 is 0 Å². The fourth-order valence-corrected chi connectivity index (χ4v) is 8.87. The zero-order valence-electron chi connectivity index (χ0n) is 39.5. The molecule has 3 aliphatic heterocycles. The predicted molar refractivity (Wildman–Crippen MR) is 246 cm³/mol. The third-order valence-corrected chi connectivity index (χ3v) is 13.0. The number of ketones is 1. The Labute approximate surface area is 438 Å². The van der Waals surface area contributed by atoms with Gasteiger partial charge < -0.3 is 130 Å². The summed E-state index contributed by atoms with van der Waals surface area (Å²) in [5.41, 5.74) is -5.74. The van der Waals surface area contributed by atoms with Gasteiger partial charge in [0.2, 0.25) is 23.5 Å². The number of aliphatic hydroxyl groups is 8. The van der Waals surface area contributed by atoms with Crippen molar-refractivity contribution >= 4 is 35.2 Å². The van der Waals surface area contributed by atoms with Crippen molar-refractivity contribution in [2.24, 2.45) is 11.8 Å². The molecule has 2 fully saturated rings. The van der Waals surface area contributed by atoms with Crippen molar-refractivity contribution in [1.29, 1.82) is 0 Å². The summed E-state index contributed by atoms with van der Waals surface area (Å²) in [4.78, 5) is 70.4. The Morgan fingerprint density at radius 1 is 0.620 bits per heavy atom. The van der Waals surface area contributed by atoms with Crippen LogP contribution in [0.2, 0.25) is 0 Å². The highest BCUT2D eigenvalue weighted by atomic mass is 16.7. The van der Waals surface area contributed by atoms with E-state index in [0.29, 0.717) is 36.4 Å². The quantitative estimate of drug-likeness (QED) is 0.0420. The highest BCUT2D eigenvalue weighted by Crippen LogP contribution is 2.54. The Balaban J connectivity index is 1.22. The normalized spacial score (nSPS) is 26.1. The van der Waals surface area contributed by atoms with Crippen molar-refractivity contribution in [2.45, 2.75) is 68.1 Å². The molecule has 4 aromatic rings. The number of phenols is 11. The molecule has 19 N–H and O–H groups in total. The van der Waals surface area contributed by atoms with Gasteiger partial charge in [-0.3, -0.25) is 9.59 Å². The first kappa shape index (κ1) is 55.9. The Bertz CT molecular complexity index is 3200. The monoisotopic (exact) mass is 1120 g/mol. The Kier molecular flexibility index (Phi) is 15.0. The van der Waals surface area contributed by atoms with Crippen molar-refractivity contribution in [3.8, 4) is 74.7 Å². The third-order valence-electron chi connectivity index (χ3n) is 13.0. The van der Waals surface area contributed by atoms with Crippen LogP contribution in [0, 0.1) is 11.8 Å². The lowest BCUT2D eigenvalue weighted by molar-refractivity contribution is -0.285. The summed E-state index contributed by atoms with van der Waals surface area (Å²) in [5.74, 6) is -32.3. The topological polar surface area (TPSA) is 534 Å². The number of benzene rings is 4. The maximum atomic E-state index is 14.7. The summed E-state index contributed by atoms with van der Waals surface area (Å²) in [5, 5.41) is 201. The number of cyclic esters (lactones) is 1. The van der Waals surface area contributed by atoms with Crippen LogP contribution in [0.3, 0.4) is 0 Å². The minimum absolute atomic E-state index is 0.372. The Morgan fingerprint density at radius 2 is 1.22 bits per heavy atom. The number of Topliss-reactive ketones (excluding diaryl/α,β-unsaturated/α-hetero) is 1. The van der Waals surface area contributed by atoms with Crippen LogP contribution >= 0.6 is 0 Å². The molecular weight excluding hydrogens is 1070 g/mol. The average molecular weight is 1120 g/mol. The second-order valence-electron chi connectivity index (χ2n) is 17.9. The number of allylic oxidation sites excluding steroid dienone is 1. The molecule has 1 unspecified atom stereocenters. The van der Waals surface area contributed by atoms with Crippen molar-refractivity contribution in [2.75, 3.05) is 13.2 Å². The van der Waals surface area contributed by atoms with Gasteiger partial charge in [-0.15, -0.1) is 0 Å². The number of aromatic hydroxyl groups is 11. The van der Waals surface area contributed by atoms with E-state index in [1.165, 1.54) is 0 Å². The number of carbonyl (C=O) groups is 5. The molecule has 2 saturated heterocycles. The van der Waals surface area contributed by atoms with E-state index in [1.54, 1.807) is 0 Å². The molecule has 31 heteroatoms. The molecule has 422 valence electrons. The number of aliphatic hydroxyl groups excluding tert-OH is 8. The molecule has 31 nitrogen and oxygen atoms in total. The smallest absolute Gasteiger partial charge is 0.344 e. The third kappa shape index (κ3) is 10.1. The van der Waals surface area contributed by atoms with Crippen LogP contribution in [0.15, 0.2) is 53.7 Å². The average Bonchev–Trinajstić information content (AvgIpc) is 3.60. The molecule has 4 aromatic carbocycles. The highest BCUT2D eigenvalue weighted by molar-refractivity contribution is 6.03. The maximum absolute atomic E-state index is 14.7. The Hall–Kier alpha value is -9.37. The first-order valence-electron chi connectivity index (χ1n) is 22.7. The molecule has 0 radical (unpaired) electrons. The molecule has 0 saturated carbocycles. The Morgan fingerprint density at radius 3 is 1.82 bits per heavy atom. The number of esters is 4. The van der Waals surface area contributed by atoms with Gasteiger partial charge in [-0.1, -0.05) is 0 Å². The zero-order valence-corrected chi connectivity index (χ0v) is 39.5. The van der Waals surface area contributed by atoms with Gasteiger partial charge in [0.25, 0.3) is 0 Å². The van der Waals surface area contributed by atoms with Crippen LogP contribution < -0.4 is 4.74 Å². The van der Waals surface area contributed by atoms with Gasteiger partial charge in [0.15, 0.2) is 87.2 Å². The standard InChI is InChI=1S/C48H44O31/c49-9-25-34(62)37(65)39(67)48(76-25)79-47(72)15-7-23(56)32(60)38(66)40(15)74-24-8-14-28(36(64)33(24)61)27-13(5-22(55)31(59)35(27)63)45(70)78-42-26(10-73-44(14)69)75-46(71)16(6-17(50)11-1-18(51)29(57)19(52)2-11)41(42)77-43(68)12-3-20(53)30(58)21(54)4-12/h1-4,7-8,13,16,25-26,34,37,39,41-42,46,48-49,51-67,71H,5-6,9-10H2/t13-,16-,25-,26-,34-,37+,39-,41-,42-,46?,48+/m1/s1. The number of hydrogen-bond acceptors (Lipinski definition) is 31. The van der Waals surface area contributed by atoms with E-state index < -0.39 is 248 Å². The largest absolute Gasteiger partial charge is 0.508 e. The van der Waals surface area contributed by atoms with Crippen molar-refractivity contribution in [3.63, 3.8) is 0 Å². The van der Waals surface area contributed by atoms with Crippen LogP contribution in [-0.2, 0) is 33.2 Å². The molecule has 0 amide bonds. The molecule has 0 bridgehead atoms. The SMILES string of the molecule is O=C(C[C@H]1C(O)O[C@@H]2COC(=O)c3cc(Oc4c(C(=O)O[C@@H]5O[C@H](CO)[C@@H](O)[C@H](O)[C@H]5O)cc(O)c(O)c4O)c(O)c(O)c3C3=C(O)C(O)=C(O)C[C@H]3C(=O)O[C@H]2[C@@H]1OC(=O)c1cc(O)c(O)c(O)c1)c1cc(O)c(O)c(O)c1. The van der Waals surface area contributed by atoms with Gasteiger partial charge in [-0.2, -0.15) is 0 Å². The van der Waals surface area contributed by atoms with E-state index in [4.69, 9.17) is 33.2 Å². The lowest BCUT2D eigenvalue weighted by atomic mass is 9.81. The summed E-state index contributed by atoms with van der Waals surface area (Å²) in [6, 6.07) is 3.34. The molecule has 11 atom stereocenters.